The largest absolute Gasteiger partial charge is 0.480 e. The molecule has 2 aromatic rings. The lowest BCUT2D eigenvalue weighted by molar-refractivity contribution is -0.142. The second-order valence-electron chi connectivity index (χ2n) is 6.16. The number of carbonyl (C=O) groups excluding carboxylic acids is 1. The average molecular weight is 375 g/mol. The maximum Gasteiger partial charge on any atom is 0.320 e. The van der Waals surface area contributed by atoms with Crippen molar-refractivity contribution in [3.63, 3.8) is 0 Å². The summed E-state index contributed by atoms with van der Waals surface area (Å²) in [6.07, 6.45) is 1.000. The van der Waals surface area contributed by atoms with Gasteiger partial charge in [-0.15, -0.1) is 11.3 Å². The highest BCUT2D eigenvalue weighted by molar-refractivity contribution is 7.13. The van der Waals surface area contributed by atoms with Gasteiger partial charge in [0, 0.05) is 37.5 Å². The summed E-state index contributed by atoms with van der Waals surface area (Å²) >= 11 is 1.55. The molecule has 1 heterocycles. The zero-order valence-electron chi connectivity index (χ0n) is 15.4. The molecule has 0 aliphatic heterocycles. The Hall–Kier alpha value is -2.25. The van der Waals surface area contributed by atoms with Crippen molar-refractivity contribution < 1.29 is 14.7 Å². The molecular weight excluding hydrogens is 350 g/mol. The molecule has 0 aliphatic carbocycles. The lowest BCUT2D eigenvalue weighted by Crippen LogP contribution is -2.42. The molecule has 0 saturated carbocycles. The van der Waals surface area contributed by atoms with Crippen LogP contribution in [-0.4, -0.2) is 46.0 Å². The van der Waals surface area contributed by atoms with Crippen molar-refractivity contribution >= 4 is 23.2 Å². The molecule has 2 rings (SSSR count). The third kappa shape index (κ3) is 5.64. The van der Waals surface area contributed by atoms with Gasteiger partial charge in [-0.25, -0.2) is 4.98 Å². The van der Waals surface area contributed by atoms with Crippen molar-refractivity contribution in [1.29, 1.82) is 0 Å². The Bertz CT molecular complexity index is 743. The summed E-state index contributed by atoms with van der Waals surface area (Å²) < 4.78 is 0. The Kier molecular flexibility index (Phi) is 7.29. The lowest BCUT2D eigenvalue weighted by atomic mass is 10.1. The number of aromatic nitrogens is 1. The molecule has 1 unspecified atom stereocenters. The van der Waals surface area contributed by atoms with Crippen LogP contribution in [0, 0.1) is 0 Å². The minimum absolute atomic E-state index is 0.126. The van der Waals surface area contributed by atoms with Gasteiger partial charge in [-0.3, -0.25) is 14.5 Å². The van der Waals surface area contributed by atoms with Crippen molar-refractivity contribution in [1.82, 2.24) is 15.2 Å². The van der Waals surface area contributed by atoms with Crippen LogP contribution < -0.4 is 5.32 Å². The van der Waals surface area contributed by atoms with Gasteiger partial charge < -0.3 is 10.4 Å². The number of amides is 1. The molecule has 0 aliphatic rings. The summed E-state index contributed by atoms with van der Waals surface area (Å²) in [6, 6.07) is 7.68. The first-order valence-electron chi connectivity index (χ1n) is 8.65. The van der Waals surface area contributed by atoms with E-state index in [2.05, 4.69) is 41.5 Å². The Morgan fingerprint density at radius 2 is 2.00 bits per heavy atom. The highest BCUT2D eigenvalue weighted by Gasteiger charge is 2.21. The molecule has 0 spiro atoms. The minimum Gasteiger partial charge on any atom is -0.480 e. The number of carbonyl (C=O) groups is 2. The van der Waals surface area contributed by atoms with Gasteiger partial charge in [0.25, 0.3) is 0 Å². The molecule has 7 heteroatoms. The number of rotatable bonds is 9. The third-order valence-electron chi connectivity index (χ3n) is 4.20. The number of nitrogens with zero attached hydrogens (tertiary/aromatic N) is 2. The number of thiazole rings is 1. The summed E-state index contributed by atoms with van der Waals surface area (Å²) in [5.74, 6) is -1.02. The average Bonchev–Trinajstić information content (AvgIpc) is 3.08. The van der Waals surface area contributed by atoms with Gasteiger partial charge in [-0.1, -0.05) is 31.2 Å². The van der Waals surface area contributed by atoms with E-state index >= 15 is 0 Å². The first-order chi connectivity index (χ1) is 12.4. The molecule has 1 aromatic carbocycles. The van der Waals surface area contributed by atoms with Crippen molar-refractivity contribution in [2.75, 3.05) is 13.1 Å². The number of aryl methyl sites for hydroxylation is 1. The van der Waals surface area contributed by atoms with E-state index in [1.807, 2.05) is 5.38 Å². The van der Waals surface area contributed by atoms with E-state index in [1.165, 1.54) is 12.5 Å². The normalized spacial score (nSPS) is 12.2. The van der Waals surface area contributed by atoms with E-state index in [4.69, 9.17) is 0 Å². The number of carboxylic acid groups (broad SMARTS) is 1. The molecule has 0 radical (unpaired) electrons. The van der Waals surface area contributed by atoms with E-state index in [0.717, 1.165) is 22.7 Å². The van der Waals surface area contributed by atoms with Crippen molar-refractivity contribution in [3.8, 4) is 10.6 Å². The van der Waals surface area contributed by atoms with Crippen LogP contribution in [0.15, 0.2) is 29.6 Å². The number of hydrogen-bond acceptors (Lipinski definition) is 5. The van der Waals surface area contributed by atoms with Gasteiger partial charge in [0.1, 0.15) is 11.0 Å². The van der Waals surface area contributed by atoms with E-state index in [0.29, 0.717) is 19.6 Å². The summed E-state index contributed by atoms with van der Waals surface area (Å²) in [7, 11) is 0. The van der Waals surface area contributed by atoms with Gasteiger partial charge in [-0.05, 0) is 18.9 Å². The maximum atomic E-state index is 11.4. The van der Waals surface area contributed by atoms with Crippen LogP contribution in [0.1, 0.15) is 32.0 Å². The van der Waals surface area contributed by atoms with E-state index in [9.17, 15) is 14.7 Å². The van der Waals surface area contributed by atoms with Crippen LogP contribution in [0.5, 0.6) is 0 Å². The first-order valence-corrected chi connectivity index (χ1v) is 9.53. The standard InChI is InChI=1S/C19H25N3O3S/c1-4-15-5-7-16(8-6-15)18-21-17(12-26-18)11-22(13(2)19(24)25)10-9-20-14(3)23/h5-8,12-13H,4,9-11H2,1-3H3,(H,20,23)(H,24,25). The summed E-state index contributed by atoms with van der Waals surface area (Å²) in [5, 5.41) is 14.9. The summed E-state index contributed by atoms with van der Waals surface area (Å²) in [5.41, 5.74) is 3.18. The topological polar surface area (TPSA) is 82.5 Å². The lowest BCUT2D eigenvalue weighted by Gasteiger charge is -2.25. The van der Waals surface area contributed by atoms with Crippen molar-refractivity contribution in [3.05, 3.63) is 40.9 Å². The molecular formula is C19H25N3O3S. The Morgan fingerprint density at radius 1 is 1.31 bits per heavy atom. The highest BCUT2D eigenvalue weighted by atomic mass is 32.1. The quantitative estimate of drug-likeness (QED) is 0.704. The molecule has 26 heavy (non-hydrogen) atoms. The third-order valence-corrected chi connectivity index (χ3v) is 5.14. The fourth-order valence-corrected chi connectivity index (χ4v) is 3.36. The molecule has 0 fully saturated rings. The molecule has 6 nitrogen and oxygen atoms in total. The second-order valence-corrected chi connectivity index (χ2v) is 7.02. The number of hydrogen-bond donors (Lipinski definition) is 2. The Balaban J connectivity index is 2.08. The maximum absolute atomic E-state index is 11.4. The molecule has 0 saturated heterocycles. The molecule has 2 N–H and O–H groups in total. The second kappa shape index (κ2) is 9.45. The first kappa shape index (κ1) is 20.1. The molecule has 1 amide bonds. The van der Waals surface area contributed by atoms with Crippen LogP contribution >= 0.6 is 11.3 Å². The predicted octanol–water partition coefficient (Wildman–Crippen LogP) is 2.78. The summed E-state index contributed by atoms with van der Waals surface area (Å²) in [6.45, 7) is 6.49. The smallest absolute Gasteiger partial charge is 0.320 e. The number of nitrogens with one attached hydrogen (secondary N) is 1. The predicted molar refractivity (Wildman–Crippen MR) is 103 cm³/mol. The van der Waals surface area contributed by atoms with Gasteiger partial charge in [0.05, 0.1) is 5.69 Å². The number of carboxylic acids is 1. The molecule has 140 valence electrons. The van der Waals surface area contributed by atoms with E-state index in [1.54, 1.807) is 23.2 Å². The van der Waals surface area contributed by atoms with E-state index < -0.39 is 12.0 Å². The number of benzene rings is 1. The van der Waals surface area contributed by atoms with Gasteiger partial charge in [0.15, 0.2) is 0 Å². The van der Waals surface area contributed by atoms with Gasteiger partial charge >= 0.3 is 5.97 Å². The highest BCUT2D eigenvalue weighted by Crippen LogP contribution is 2.25. The monoisotopic (exact) mass is 375 g/mol. The zero-order valence-corrected chi connectivity index (χ0v) is 16.2. The van der Waals surface area contributed by atoms with E-state index in [-0.39, 0.29) is 5.91 Å². The Labute approximate surface area is 157 Å². The minimum atomic E-state index is -0.890. The molecule has 1 atom stereocenters. The van der Waals surface area contributed by atoms with Gasteiger partial charge in [-0.2, -0.15) is 0 Å². The zero-order chi connectivity index (χ0) is 19.1. The van der Waals surface area contributed by atoms with Crippen LogP contribution in [0.25, 0.3) is 10.6 Å². The summed E-state index contributed by atoms with van der Waals surface area (Å²) in [4.78, 5) is 28.9. The molecule has 1 aromatic heterocycles. The Morgan fingerprint density at radius 3 is 2.58 bits per heavy atom. The molecule has 0 bridgehead atoms. The van der Waals surface area contributed by atoms with Crippen LogP contribution in [-0.2, 0) is 22.6 Å². The van der Waals surface area contributed by atoms with Gasteiger partial charge in [0.2, 0.25) is 5.91 Å². The van der Waals surface area contributed by atoms with Crippen LogP contribution in [0.2, 0.25) is 0 Å². The van der Waals surface area contributed by atoms with Crippen LogP contribution in [0.4, 0.5) is 0 Å². The fourth-order valence-electron chi connectivity index (χ4n) is 2.54. The number of aliphatic carboxylic acids is 1. The fraction of sp³-hybridized carbons (Fsp3) is 0.421. The van der Waals surface area contributed by atoms with Crippen molar-refractivity contribution in [2.45, 2.75) is 39.8 Å². The SMILES string of the molecule is CCc1ccc(-c2nc(CN(CCNC(C)=O)C(C)C(=O)O)cs2)cc1. The van der Waals surface area contributed by atoms with Crippen LogP contribution in [0.3, 0.4) is 0 Å². The van der Waals surface area contributed by atoms with Crippen molar-refractivity contribution in [2.24, 2.45) is 0 Å².